The summed E-state index contributed by atoms with van der Waals surface area (Å²) in [5.74, 6) is -0.573. The second-order valence-electron chi connectivity index (χ2n) is 3.87. The number of rotatable bonds is 2. The topological polar surface area (TPSA) is 43.1 Å². The SMILES string of the molecule is Cc1ccc([N+](=O)[O-])c(-c2c(F)cccc2Cl)c1. The van der Waals surface area contributed by atoms with Crippen LogP contribution in [0.25, 0.3) is 11.1 Å². The lowest BCUT2D eigenvalue weighted by Crippen LogP contribution is -1.95. The molecule has 0 aliphatic carbocycles. The zero-order valence-electron chi connectivity index (χ0n) is 9.48. The van der Waals surface area contributed by atoms with Crippen molar-refractivity contribution in [2.45, 2.75) is 6.92 Å². The maximum Gasteiger partial charge on any atom is 0.277 e. The second-order valence-corrected chi connectivity index (χ2v) is 4.28. The van der Waals surface area contributed by atoms with E-state index >= 15 is 0 Å². The van der Waals surface area contributed by atoms with Gasteiger partial charge in [0.2, 0.25) is 0 Å². The number of hydrogen-bond acceptors (Lipinski definition) is 2. The highest BCUT2D eigenvalue weighted by molar-refractivity contribution is 6.33. The van der Waals surface area contributed by atoms with Crippen LogP contribution in [-0.4, -0.2) is 4.92 Å². The van der Waals surface area contributed by atoms with E-state index in [1.807, 2.05) is 0 Å². The fraction of sp³-hybridized carbons (Fsp3) is 0.0769. The standard InChI is InChI=1S/C13H9ClFNO2/c1-8-5-6-12(16(17)18)9(7-8)13-10(14)3-2-4-11(13)15/h2-7H,1H3. The smallest absolute Gasteiger partial charge is 0.258 e. The van der Waals surface area contributed by atoms with E-state index in [-0.39, 0.29) is 21.8 Å². The third-order valence-electron chi connectivity index (χ3n) is 2.58. The summed E-state index contributed by atoms with van der Waals surface area (Å²) in [4.78, 5) is 10.4. The van der Waals surface area contributed by atoms with Crippen molar-refractivity contribution in [2.75, 3.05) is 0 Å². The molecule has 0 aliphatic rings. The van der Waals surface area contributed by atoms with Gasteiger partial charge in [0, 0.05) is 11.6 Å². The maximum atomic E-state index is 13.8. The third-order valence-corrected chi connectivity index (χ3v) is 2.90. The van der Waals surface area contributed by atoms with Crippen LogP contribution in [0.1, 0.15) is 5.56 Å². The molecule has 0 spiro atoms. The molecule has 0 unspecified atom stereocenters. The van der Waals surface area contributed by atoms with Gasteiger partial charge in [0.05, 0.1) is 15.5 Å². The van der Waals surface area contributed by atoms with Crippen molar-refractivity contribution in [3.05, 3.63) is 62.9 Å². The third kappa shape index (κ3) is 2.19. The van der Waals surface area contributed by atoms with Crippen LogP contribution in [0.3, 0.4) is 0 Å². The molecule has 0 saturated carbocycles. The highest BCUT2D eigenvalue weighted by Crippen LogP contribution is 2.36. The molecule has 0 amide bonds. The Bertz CT molecular complexity index is 608. The first kappa shape index (κ1) is 12.5. The van der Waals surface area contributed by atoms with Crippen molar-refractivity contribution < 1.29 is 9.31 Å². The van der Waals surface area contributed by atoms with Gasteiger partial charge in [0.15, 0.2) is 0 Å². The van der Waals surface area contributed by atoms with Gasteiger partial charge in [0.1, 0.15) is 5.82 Å². The first-order valence-corrected chi connectivity index (χ1v) is 5.58. The number of nitro groups is 1. The zero-order chi connectivity index (χ0) is 13.3. The molecule has 0 N–H and O–H groups in total. The van der Waals surface area contributed by atoms with Crippen LogP contribution in [-0.2, 0) is 0 Å². The molecule has 18 heavy (non-hydrogen) atoms. The molecular formula is C13H9ClFNO2. The van der Waals surface area contributed by atoms with Crippen LogP contribution in [0.15, 0.2) is 36.4 Å². The lowest BCUT2D eigenvalue weighted by molar-refractivity contribution is -0.384. The number of benzene rings is 2. The molecule has 0 atom stereocenters. The normalized spacial score (nSPS) is 10.4. The molecule has 92 valence electrons. The molecule has 0 fully saturated rings. The average Bonchev–Trinajstić information content (AvgIpc) is 2.28. The molecule has 0 bridgehead atoms. The Morgan fingerprint density at radius 3 is 2.61 bits per heavy atom. The summed E-state index contributed by atoms with van der Waals surface area (Å²) < 4.78 is 13.8. The van der Waals surface area contributed by atoms with Gasteiger partial charge in [-0.15, -0.1) is 0 Å². The van der Waals surface area contributed by atoms with E-state index in [1.54, 1.807) is 19.1 Å². The largest absolute Gasteiger partial charge is 0.277 e. The molecule has 2 aromatic carbocycles. The Labute approximate surface area is 108 Å². The summed E-state index contributed by atoms with van der Waals surface area (Å²) >= 11 is 5.93. The van der Waals surface area contributed by atoms with Gasteiger partial charge in [-0.05, 0) is 25.1 Å². The van der Waals surface area contributed by atoms with E-state index in [1.165, 1.54) is 24.3 Å². The number of halogens is 2. The van der Waals surface area contributed by atoms with Crippen LogP contribution in [0.2, 0.25) is 5.02 Å². The van der Waals surface area contributed by atoms with Gasteiger partial charge in [-0.3, -0.25) is 10.1 Å². The Kier molecular flexibility index (Phi) is 3.30. The van der Waals surface area contributed by atoms with Crippen molar-refractivity contribution >= 4 is 17.3 Å². The minimum Gasteiger partial charge on any atom is -0.258 e. The molecule has 0 heterocycles. The van der Waals surface area contributed by atoms with E-state index in [0.29, 0.717) is 0 Å². The highest BCUT2D eigenvalue weighted by Gasteiger charge is 2.20. The van der Waals surface area contributed by atoms with Crippen molar-refractivity contribution in [1.82, 2.24) is 0 Å². The molecule has 0 aliphatic heterocycles. The number of nitrogens with zero attached hydrogens (tertiary/aromatic N) is 1. The highest BCUT2D eigenvalue weighted by atomic mass is 35.5. The van der Waals surface area contributed by atoms with E-state index in [4.69, 9.17) is 11.6 Å². The summed E-state index contributed by atoms with van der Waals surface area (Å²) in [5.41, 5.74) is 0.903. The van der Waals surface area contributed by atoms with Gasteiger partial charge in [-0.25, -0.2) is 4.39 Å². The van der Waals surface area contributed by atoms with Crippen LogP contribution in [0, 0.1) is 22.9 Å². The van der Waals surface area contributed by atoms with Gasteiger partial charge in [-0.1, -0.05) is 29.3 Å². The van der Waals surface area contributed by atoms with E-state index < -0.39 is 10.7 Å². The lowest BCUT2D eigenvalue weighted by atomic mass is 10.0. The van der Waals surface area contributed by atoms with Crippen LogP contribution >= 0.6 is 11.6 Å². The minimum absolute atomic E-state index is 0.0644. The molecule has 0 radical (unpaired) electrons. The Balaban J connectivity index is 2.77. The Hall–Kier alpha value is -1.94. The summed E-state index contributed by atoms with van der Waals surface area (Å²) in [6, 6.07) is 8.72. The fourth-order valence-electron chi connectivity index (χ4n) is 1.76. The molecule has 3 nitrogen and oxygen atoms in total. The molecule has 0 saturated heterocycles. The maximum absolute atomic E-state index is 13.8. The monoisotopic (exact) mass is 265 g/mol. The van der Waals surface area contributed by atoms with Crippen molar-refractivity contribution in [3.63, 3.8) is 0 Å². The Morgan fingerprint density at radius 2 is 2.00 bits per heavy atom. The number of hydrogen-bond donors (Lipinski definition) is 0. The zero-order valence-corrected chi connectivity index (χ0v) is 10.2. The van der Waals surface area contributed by atoms with Gasteiger partial charge < -0.3 is 0 Å². The van der Waals surface area contributed by atoms with E-state index in [9.17, 15) is 14.5 Å². The quantitative estimate of drug-likeness (QED) is 0.598. The number of aryl methyl sites for hydroxylation is 1. The lowest BCUT2D eigenvalue weighted by Gasteiger charge is -2.07. The van der Waals surface area contributed by atoms with Crippen molar-refractivity contribution in [2.24, 2.45) is 0 Å². The first-order chi connectivity index (χ1) is 8.50. The summed E-state index contributed by atoms with van der Waals surface area (Å²) in [5, 5.41) is 11.1. The number of nitro benzene ring substituents is 1. The van der Waals surface area contributed by atoms with Gasteiger partial charge in [0.25, 0.3) is 5.69 Å². The Morgan fingerprint density at radius 1 is 1.28 bits per heavy atom. The van der Waals surface area contributed by atoms with Crippen molar-refractivity contribution in [1.29, 1.82) is 0 Å². The van der Waals surface area contributed by atoms with Crippen LogP contribution in [0.5, 0.6) is 0 Å². The predicted molar refractivity (Wildman–Crippen MR) is 68.2 cm³/mol. The first-order valence-electron chi connectivity index (χ1n) is 5.20. The molecule has 2 rings (SSSR count). The van der Waals surface area contributed by atoms with E-state index in [0.717, 1.165) is 5.56 Å². The fourth-order valence-corrected chi connectivity index (χ4v) is 2.03. The summed E-state index contributed by atoms with van der Waals surface area (Å²) in [6.45, 7) is 1.78. The second kappa shape index (κ2) is 4.74. The van der Waals surface area contributed by atoms with Crippen LogP contribution in [0.4, 0.5) is 10.1 Å². The summed E-state index contributed by atoms with van der Waals surface area (Å²) in [6.07, 6.45) is 0. The average molecular weight is 266 g/mol. The molecule has 2 aromatic rings. The van der Waals surface area contributed by atoms with Gasteiger partial charge in [-0.2, -0.15) is 0 Å². The van der Waals surface area contributed by atoms with Crippen molar-refractivity contribution in [3.8, 4) is 11.1 Å². The summed E-state index contributed by atoms with van der Waals surface area (Å²) in [7, 11) is 0. The molecule has 5 heteroatoms. The van der Waals surface area contributed by atoms with E-state index in [2.05, 4.69) is 0 Å². The minimum atomic E-state index is -0.573. The predicted octanol–water partition coefficient (Wildman–Crippen LogP) is 4.36. The molecular weight excluding hydrogens is 257 g/mol. The molecule has 0 aromatic heterocycles. The van der Waals surface area contributed by atoms with Crippen LogP contribution < -0.4 is 0 Å². The van der Waals surface area contributed by atoms with Gasteiger partial charge >= 0.3 is 0 Å².